The smallest absolute Gasteiger partial charge is 0.256 e. The van der Waals surface area contributed by atoms with Crippen LogP contribution in [-0.2, 0) is 0 Å². The number of benzene rings is 1. The molecule has 0 bridgehead atoms. The van der Waals surface area contributed by atoms with Gasteiger partial charge in [0.15, 0.2) is 0 Å². The van der Waals surface area contributed by atoms with Crippen molar-refractivity contribution in [2.75, 3.05) is 19.6 Å². The van der Waals surface area contributed by atoms with Crippen LogP contribution in [0, 0.1) is 18.7 Å². The fraction of sp³-hybridized carbons (Fsp3) is 0.462. The summed E-state index contributed by atoms with van der Waals surface area (Å²) in [5.41, 5.74) is 6.25. The highest BCUT2D eigenvalue weighted by molar-refractivity contribution is 5.94. The standard InChI is InChI=1S/C13H17FN2O/c1-9-3-2-4-11(12(9)14)13(17)16-6-5-10(7-15)8-16/h2-4,10H,5-8,15H2,1H3/t10-/m0/s1. The van der Waals surface area contributed by atoms with Crippen molar-refractivity contribution in [3.8, 4) is 0 Å². The van der Waals surface area contributed by atoms with Gasteiger partial charge in [-0.2, -0.15) is 0 Å². The van der Waals surface area contributed by atoms with Crippen LogP contribution in [0.5, 0.6) is 0 Å². The lowest BCUT2D eigenvalue weighted by atomic mass is 10.1. The van der Waals surface area contributed by atoms with Crippen LogP contribution in [0.4, 0.5) is 4.39 Å². The summed E-state index contributed by atoms with van der Waals surface area (Å²) in [5, 5.41) is 0. The van der Waals surface area contributed by atoms with Crippen molar-refractivity contribution in [2.45, 2.75) is 13.3 Å². The molecule has 0 aliphatic carbocycles. The number of hydrogen-bond acceptors (Lipinski definition) is 2. The largest absolute Gasteiger partial charge is 0.338 e. The van der Waals surface area contributed by atoms with Gasteiger partial charge in [0.2, 0.25) is 0 Å². The first-order chi connectivity index (χ1) is 8.13. The van der Waals surface area contributed by atoms with Gasteiger partial charge in [0.05, 0.1) is 5.56 Å². The minimum Gasteiger partial charge on any atom is -0.338 e. The molecule has 0 spiro atoms. The Morgan fingerprint density at radius 2 is 2.35 bits per heavy atom. The summed E-state index contributed by atoms with van der Waals surface area (Å²) in [5.74, 6) is -0.275. The molecule has 1 saturated heterocycles. The molecule has 1 fully saturated rings. The van der Waals surface area contributed by atoms with E-state index in [-0.39, 0.29) is 11.5 Å². The number of carbonyl (C=O) groups is 1. The van der Waals surface area contributed by atoms with Crippen molar-refractivity contribution in [3.05, 3.63) is 35.1 Å². The maximum absolute atomic E-state index is 13.8. The lowest BCUT2D eigenvalue weighted by Gasteiger charge is -2.17. The highest BCUT2D eigenvalue weighted by atomic mass is 19.1. The molecule has 0 saturated carbocycles. The summed E-state index contributed by atoms with van der Waals surface area (Å²) >= 11 is 0. The zero-order valence-electron chi connectivity index (χ0n) is 9.95. The summed E-state index contributed by atoms with van der Waals surface area (Å²) in [6, 6.07) is 4.92. The normalized spacial score (nSPS) is 19.7. The van der Waals surface area contributed by atoms with Crippen LogP contribution in [0.1, 0.15) is 22.3 Å². The summed E-state index contributed by atoms with van der Waals surface area (Å²) in [7, 11) is 0. The van der Waals surface area contributed by atoms with Crippen molar-refractivity contribution in [1.82, 2.24) is 4.90 Å². The molecule has 4 heteroatoms. The molecule has 2 N–H and O–H groups in total. The van der Waals surface area contributed by atoms with Gasteiger partial charge >= 0.3 is 0 Å². The van der Waals surface area contributed by atoms with Crippen LogP contribution in [-0.4, -0.2) is 30.4 Å². The number of hydrogen-bond donors (Lipinski definition) is 1. The van der Waals surface area contributed by atoms with Crippen molar-refractivity contribution in [1.29, 1.82) is 0 Å². The van der Waals surface area contributed by atoms with E-state index in [1.807, 2.05) is 0 Å². The van der Waals surface area contributed by atoms with Gasteiger partial charge in [0.25, 0.3) is 5.91 Å². The quantitative estimate of drug-likeness (QED) is 0.847. The predicted molar refractivity (Wildman–Crippen MR) is 64.2 cm³/mol. The Balaban J connectivity index is 2.18. The number of halogens is 1. The number of rotatable bonds is 2. The average molecular weight is 236 g/mol. The van der Waals surface area contributed by atoms with E-state index in [9.17, 15) is 9.18 Å². The molecular weight excluding hydrogens is 219 g/mol. The maximum Gasteiger partial charge on any atom is 0.256 e. The van der Waals surface area contributed by atoms with Gasteiger partial charge in [0.1, 0.15) is 5.82 Å². The molecule has 0 aromatic heterocycles. The van der Waals surface area contributed by atoms with Gasteiger partial charge in [-0.1, -0.05) is 12.1 Å². The summed E-state index contributed by atoms with van der Waals surface area (Å²) in [6.07, 6.45) is 0.912. The predicted octanol–water partition coefficient (Wildman–Crippen LogP) is 1.55. The number of amides is 1. The highest BCUT2D eigenvalue weighted by Crippen LogP contribution is 2.20. The van der Waals surface area contributed by atoms with Crippen molar-refractivity contribution in [3.63, 3.8) is 0 Å². The lowest BCUT2D eigenvalue weighted by Crippen LogP contribution is -2.30. The number of nitrogens with two attached hydrogens (primary N) is 1. The molecule has 0 radical (unpaired) electrons. The molecule has 1 aromatic carbocycles. The van der Waals surface area contributed by atoms with Crippen molar-refractivity contribution < 1.29 is 9.18 Å². The van der Waals surface area contributed by atoms with Gasteiger partial charge < -0.3 is 10.6 Å². The van der Waals surface area contributed by atoms with Crippen LogP contribution >= 0.6 is 0 Å². The fourth-order valence-corrected chi connectivity index (χ4v) is 2.19. The number of likely N-dealkylation sites (tertiary alicyclic amines) is 1. The second-order valence-corrected chi connectivity index (χ2v) is 4.58. The molecule has 1 heterocycles. The second-order valence-electron chi connectivity index (χ2n) is 4.58. The Kier molecular flexibility index (Phi) is 3.43. The third kappa shape index (κ3) is 2.31. The van der Waals surface area contributed by atoms with Crippen LogP contribution in [0.2, 0.25) is 0 Å². The Morgan fingerprint density at radius 3 is 3.00 bits per heavy atom. The van der Waals surface area contributed by atoms with Gasteiger partial charge in [-0.25, -0.2) is 4.39 Å². The fourth-order valence-electron chi connectivity index (χ4n) is 2.19. The molecule has 1 aromatic rings. The first kappa shape index (κ1) is 12.0. The minimum absolute atomic E-state index is 0.169. The van der Waals surface area contributed by atoms with E-state index < -0.39 is 5.82 Å². The second kappa shape index (κ2) is 4.84. The van der Waals surface area contributed by atoms with E-state index >= 15 is 0 Å². The van der Waals surface area contributed by atoms with Crippen molar-refractivity contribution >= 4 is 5.91 Å². The third-order valence-corrected chi connectivity index (χ3v) is 3.33. The number of aryl methyl sites for hydroxylation is 1. The molecule has 1 aliphatic rings. The molecule has 2 rings (SSSR count). The third-order valence-electron chi connectivity index (χ3n) is 3.33. The van der Waals surface area contributed by atoms with Crippen molar-refractivity contribution in [2.24, 2.45) is 11.7 Å². The van der Waals surface area contributed by atoms with Crippen LogP contribution in [0.3, 0.4) is 0 Å². The average Bonchev–Trinajstić information content (AvgIpc) is 2.80. The first-order valence-electron chi connectivity index (χ1n) is 5.88. The van der Waals surface area contributed by atoms with Gasteiger partial charge in [0, 0.05) is 13.1 Å². The molecule has 0 unspecified atom stereocenters. The van der Waals surface area contributed by atoms with E-state index in [1.54, 1.807) is 30.0 Å². The van der Waals surface area contributed by atoms with Gasteiger partial charge in [-0.3, -0.25) is 4.79 Å². The topological polar surface area (TPSA) is 46.3 Å². The Hall–Kier alpha value is -1.42. The van der Waals surface area contributed by atoms with E-state index in [0.717, 1.165) is 6.42 Å². The van der Waals surface area contributed by atoms with Gasteiger partial charge in [-0.15, -0.1) is 0 Å². The minimum atomic E-state index is -0.409. The molecule has 17 heavy (non-hydrogen) atoms. The van der Waals surface area contributed by atoms with Gasteiger partial charge in [-0.05, 0) is 37.4 Å². The molecule has 1 amide bonds. The maximum atomic E-state index is 13.8. The number of nitrogens with zero attached hydrogens (tertiary/aromatic N) is 1. The summed E-state index contributed by atoms with van der Waals surface area (Å²) < 4.78 is 13.8. The first-order valence-corrected chi connectivity index (χ1v) is 5.88. The zero-order valence-corrected chi connectivity index (χ0v) is 9.95. The van der Waals surface area contributed by atoms with E-state index in [2.05, 4.69) is 0 Å². The van der Waals surface area contributed by atoms with Crippen LogP contribution < -0.4 is 5.73 Å². The molecule has 3 nitrogen and oxygen atoms in total. The molecule has 92 valence electrons. The Morgan fingerprint density at radius 1 is 1.59 bits per heavy atom. The summed E-state index contributed by atoms with van der Waals surface area (Å²) in [4.78, 5) is 13.8. The van der Waals surface area contributed by atoms with Crippen LogP contribution in [0.15, 0.2) is 18.2 Å². The monoisotopic (exact) mass is 236 g/mol. The zero-order chi connectivity index (χ0) is 12.4. The molecular formula is C13H17FN2O. The molecule has 1 atom stereocenters. The SMILES string of the molecule is Cc1cccc(C(=O)N2CC[C@@H](CN)C2)c1F. The Labute approximate surface area is 100 Å². The van der Waals surface area contributed by atoms with E-state index in [4.69, 9.17) is 5.73 Å². The highest BCUT2D eigenvalue weighted by Gasteiger charge is 2.27. The summed E-state index contributed by atoms with van der Waals surface area (Å²) in [6.45, 7) is 3.57. The number of carbonyl (C=O) groups excluding carboxylic acids is 1. The van der Waals surface area contributed by atoms with E-state index in [0.29, 0.717) is 31.1 Å². The van der Waals surface area contributed by atoms with E-state index in [1.165, 1.54) is 0 Å². The lowest BCUT2D eigenvalue weighted by molar-refractivity contribution is 0.0783. The van der Waals surface area contributed by atoms with Crippen LogP contribution in [0.25, 0.3) is 0 Å². The molecule has 1 aliphatic heterocycles. The Bertz CT molecular complexity index is 433.